The molecule has 0 spiro atoms. The predicted molar refractivity (Wildman–Crippen MR) is 67.6 cm³/mol. The van der Waals surface area contributed by atoms with Crippen LogP contribution < -0.4 is 5.32 Å². The van der Waals surface area contributed by atoms with Crippen LogP contribution in [0.15, 0.2) is 0 Å². The fourth-order valence-corrected chi connectivity index (χ4v) is 3.99. The minimum Gasteiger partial charge on any atom is -0.342 e. The Morgan fingerprint density at radius 3 is 2.47 bits per heavy atom. The lowest BCUT2D eigenvalue weighted by Crippen LogP contribution is -2.48. The third-order valence-electron chi connectivity index (χ3n) is 4.99. The van der Waals surface area contributed by atoms with E-state index in [9.17, 15) is 4.79 Å². The van der Waals surface area contributed by atoms with Gasteiger partial charge in [0.1, 0.15) is 0 Å². The number of likely N-dealkylation sites (tertiary alicyclic amines) is 1. The quantitative estimate of drug-likeness (QED) is 0.748. The first kappa shape index (κ1) is 11.5. The Morgan fingerprint density at radius 1 is 1.18 bits per heavy atom. The molecule has 17 heavy (non-hydrogen) atoms. The van der Waals surface area contributed by atoms with Crippen LogP contribution in [-0.4, -0.2) is 37.0 Å². The molecule has 1 saturated carbocycles. The third kappa shape index (κ3) is 2.22. The van der Waals surface area contributed by atoms with Crippen LogP contribution in [0, 0.1) is 23.7 Å². The van der Waals surface area contributed by atoms with Crippen molar-refractivity contribution >= 4 is 5.91 Å². The van der Waals surface area contributed by atoms with Crippen LogP contribution in [0.25, 0.3) is 0 Å². The number of hydrogen-bond donors (Lipinski definition) is 1. The average molecular weight is 236 g/mol. The number of carbonyl (C=O) groups excluding carboxylic acids is 1. The standard InChI is InChI=1S/C14H24N2O/c1-10-6-15-7-13(10)14(17)16-8-11-3-2-4-12(5-11)9-16/h10-13,15H,2-9H2,1H3. The Bertz CT molecular complexity index is 293. The molecule has 4 atom stereocenters. The summed E-state index contributed by atoms with van der Waals surface area (Å²) in [5.41, 5.74) is 0. The van der Waals surface area contributed by atoms with Crippen molar-refractivity contribution in [2.24, 2.45) is 23.7 Å². The molecule has 1 aliphatic carbocycles. The van der Waals surface area contributed by atoms with Gasteiger partial charge < -0.3 is 10.2 Å². The Balaban J connectivity index is 1.65. The van der Waals surface area contributed by atoms with Gasteiger partial charge in [-0.05, 0) is 43.6 Å². The zero-order valence-electron chi connectivity index (χ0n) is 10.8. The smallest absolute Gasteiger partial charge is 0.227 e. The van der Waals surface area contributed by atoms with Crippen molar-refractivity contribution in [2.45, 2.75) is 32.6 Å². The topological polar surface area (TPSA) is 32.3 Å². The molecule has 3 rings (SSSR count). The van der Waals surface area contributed by atoms with Gasteiger partial charge in [0.15, 0.2) is 0 Å². The molecule has 1 amide bonds. The second-order valence-corrected chi connectivity index (χ2v) is 6.38. The number of fused-ring (bicyclic) bond motifs is 2. The van der Waals surface area contributed by atoms with Crippen LogP contribution in [0.4, 0.5) is 0 Å². The molecule has 2 heterocycles. The number of hydrogen-bond acceptors (Lipinski definition) is 2. The summed E-state index contributed by atoms with van der Waals surface area (Å²) in [4.78, 5) is 14.7. The molecule has 0 radical (unpaired) electrons. The van der Waals surface area contributed by atoms with E-state index in [4.69, 9.17) is 0 Å². The van der Waals surface area contributed by atoms with E-state index in [0.717, 1.165) is 38.0 Å². The summed E-state index contributed by atoms with van der Waals surface area (Å²) in [5.74, 6) is 2.80. The van der Waals surface area contributed by atoms with Crippen molar-refractivity contribution in [3.63, 3.8) is 0 Å². The molecule has 1 N–H and O–H groups in total. The minimum absolute atomic E-state index is 0.244. The lowest BCUT2D eigenvalue weighted by Gasteiger charge is -2.42. The highest BCUT2D eigenvalue weighted by atomic mass is 16.2. The summed E-state index contributed by atoms with van der Waals surface area (Å²) < 4.78 is 0. The highest BCUT2D eigenvalue weighted by Gasteiger charge is 2.37. The zero-order chi connectivity index (χ0) is 11.8. The molecule has 2 saturated heterocycles. The minimum atomic E-state index is 0.244. The second-order valence-electron chi connectivity index (χ2n) is 6.38. The first-order valence-corrected chi connectivity index (χ1v) is 7.23. The van der Waals surface area contributed by atoms with Gasteiger partial charge >= 0.3 is 0 Å². The molecule has 3 aliphatic rings. The number of piperidine rings is 1. The van der Waals surface area contributed by atoms with Crippen molar-refractivity contribution in [2.75, 3.05) is 26.2 Å². The molecule has 4 unspecified atom stereocenters. The van der Waals surface area contributed by atoms with Crippen LogP contribution in [0.2, 0.25) is 0 Å². The Labute approximate surface area is 104 Å². The second kappa shape index (κ2) is 4.60. The summed E-state index contributed by atoms with van der Waals surface area (Å²) >= 11 is 0. The fraction of sp³-hybridized carbons (Fsp3) is 0.929. The van der Waals surface area contributed by atoms with E-state index in [0.29, 0.717) is 11.8 Å². The van der Waals surface area contributed by atoms with E-state index < -0.39 is 0 Å². The highest BCUT2D eigenvalue weighted by Crippen LogP contribution is 2.35. The van der Waals surface area contributed by atoms with E-state index in [1.54, 1.807) is 0 Å². The summed E-state index contributed by atoms with van der Waals surface area (Å²) in [7, 11) is 0. The number of nitrogens with zero attached hydrogens (tertiary/aromatic N) is 1. The van der Waals surface area contributed by atoms with Gasteiger partial charge in [-0.3, -0.25) is 4.79 Å². The number of amides is 1. The summed E-state index contributed by atoms with van der Waals surface area (Å²) in [5, 5.41) is 3.34. The SMILES string of the molecule is CC1CNCC1C(=O)N1CC2CCCC(C2)C1. The molecular formula is C14H24N2O. The first-order valence-electron chi connectivity index (χ1n) is 7.23. The fourth-order valence-electron chi connectivity index (χ4n) is 3.99. The zero-order valence-corrected chi connectivity index (χ0v) is 10.8. The molecule has 2 bridgehead atoms. The summed E-state index contributed by atoms with van der Waals surface area (Å²) in [6.07, 6.45) is 5.46. The number of nitrogens with one attached hydrogen (secondary N) is 1. The molecule has 3 fully saturated rings. The largest absolute Gasteiger partial charge is 0.342 e. The first-order chi connectivity index (χ1) is 8.24. The van der Waals surface area contributed by atoms with Crippen LogP contribution in [0.3, 0.4) is 0 Å². The average Bonchev–Trinajstić information content (AvgIpc) is 2.74. The van der Waals surface area contributed by atoms with E-state index >= 15 is 0 Å². The van der Waals surface area contributed by atoms with Gasteiger partial charge in [-0.1, -0.05) is 13.3 Å². The van der Waals surface area contributed by atoms with Gasteiger partial charge in [0, 0.05) is 19.6 Å². The molecule has 0 aromatic heterocycles. The maximum atomic E-state index is 12.5. The molecule has 3 nitrogen and oxygen atoms in total. The van der Waals surface area contributed by atoms with E-state index in [2.05, 4.69) is 17.1 Å². The van der Waals surface area contributed by atoms with Crippen LogP contribution in [0.5, 0.6) is 0 Å². The van der Waals surface area contributed by atoms with E-state index in [1.165, 1.54) is 25.7 Å². The van der Waals surface area contributed by atoms with Crippen LogP contribution in [-0.2, 0) is 4.79 Å². The van der Waals surface area contributed by atoms with Gasteiger partial charge in [0.2, 0.25) is 5.91 Å². The lowest BCUT2D eigenvalue weighted by molar-refractivity contribution is -0.139. The van der Waals surface area contributed by atoms with Gasteiger partial charge in [0.25, 0.3) is 0 Å². The monoisotopic (exact) mass is 236 g/mol. The van der Waals surface area contributed by atoms with E-state index in [1.807, 2.05) is 0 Å². The molecule has 3 heteroatoms. The molecule has 96 valence electrons. The van der Waals surface area contributed by atoms with Crippen LogP contribution in [0.1, 0.15) is 32.6 Å². The van der Waals surface area contributed by atoms with Crippen LogP contribution >= 0.6 is 0 Å². The van der Waals surface area contributed by atoms with Crippen molar-refractivity contribution in [3.8, 4) is 0 Å². The summed E-state index contributed by atoms with van der Waals surface area (Å²) in [6, 6.07) is 0. The highest BCUT2D eigenvalue weighted by molar-refractivity contribution is 5.80. The maximum absolute atomic E-state index is 12.5. The molecule has 0 aromatic rings. The lowest BCUT2D eigenvalue weighted by atomic mass is 9.77. The van der Waals surface area contributed by atoms with E-state index in [-0.39, 0.29) is 5.92 Å². The molecule has 0 aromatic carbocycles. The predicted octanol–water partition coefficient (Wildman–Crippen LogP) is 1.49. The third-order valence-corrected chi connectivity index (χ3v) is 4.99. The number of carbonyl (C=O) groups is 1. The Hall–Kier alpha value is -0.570. The number of rotatable bonds is 1. The van der Waals surface area contributed by atoms with Gasteiger partial charge in [0.05, 0.1) is 5.92 Å². The van der Waals surface area contributed by atoms with Gasteiger partial charge in [-0.15, -0.1) is 0 Å². The molecule has 2 aliphatic heterocycles. The summed E-state index contributed by atoms with van der Waals surface area (Å²) in [6.45, 7) is 6.19. The van der Waals surface area contributed by atoms with Gasteiger partial charge in [-0.25, -0.2) is 0 Å². The van der Waals surface area contributed by atoms with Gasteiger partial charge in [-0.2, -0.15) is 0 Å². The van der Waals surface area contributed by atoms with Crippen molar-refractivity contribution in [1.82, 2.24) is 10.2 Å². The normalized spacial score (nSPS) is 41.6. The maximum Gasteiger partial charge on any atom is 0.227 e. The van der Waals surface area contributed by atoms with Crippen molar-refractivity contribution in [3.05, 3.63) is 0 Å². The Kier molecular flexibility index (Phi) is 3.12. The van der Waals surface area contributed by atoms with Crippen molar-refractivity contribution in [1.29, 1.82) is 0 Å². The van der Waals surface area contributed by atoms with Crippen molar-refractivity contribution < 1.29 is 4.79 Å². The molecular weight excluding hydrogens is 212 g/mol. The Morgan fingerprint density at radius 2 is 1.88 bits per heavy atom.